The summed E-state index contributed by atoms with van der Waals surface area (Å²) in [6.07, 6.45) is 2.25. The first-order chi connectivity index (χ1) is 12.1. The maximum atomic E-state index is 12.3. The maximum absolute atomic E-state index is 12.3. The second-order valence-electron chi connectivity index (χ2n) is 6.54. The summed E-state index contributed by atoms with van der Waals surface area (Å²) in [5.41, 5.74) is 1.67. The topological polar surface area (TPSA) is 74.8 Å². The van der Waals surface area contributed by atoms with Crippen molar-refractivity contribution in [1.29, 1.82) is 0 Å². The average Bonchev–Trinajstić information content (AvgIpc) is 3.11. The van der Waals surface area contributed by atoms with Gasteiger partial charge in [-0.1, -0.05) is 12.1 Å². The zero-order valence-electron chi connectivity index (χ0n) is 15.5. The van der Waals surface area contributed by atoms with E-state index in [1.807, 2.05) is 31.2 Å². The predicted octanol–water partition coefficient (Wildman–Crippen LogP) is 2.06. The second-order valence-corrected chi connectivity index (χ2v) is 6.54. The van der Waals surface area contributed by atoms with Crippen LogP contribution in [-0.2, 0) is 11.3 Å². The van der Waals surface area contributed by atoms with Crippen LogP contribution in [0, 0.1) is 0 Å². The molecule has 1 aliphatic rings. The van der Waals surface area contributed by atoms with Crippen molar-refractivity contribution in [3.63, 3.8) is 0 Å². The highest BCUT2D eigenvalue weighted by Gasteiger charge is 2.16. The number of amides is 1. The molecule has 1 heterocycles. The number of carbonyl (C=O) groups excluding carboxylic acids is 1. The van der Waals surface area contributed by atoms with E-state index in [9.17, 15) is 4.79 Å². The predicted molar refractivity (Wildman–Crippen MR) is 101 cm³/mol. The standard InChI is InChI=1S/C19H30N4O2/c1-4-20-19(23-14(2)3)22-12-15-7-5-8-16(11-15)18(24)21-13-17-9-6-10-25-17/h5,7-8,11,14,17H,4,6,9-10,12-13H2,1-3H3,(H,21,24)(H2,20,22,23). The number of nitrogens with one attached hydrogen (secondary N) is 3. The first kappa shape index (κ1) is 19.2. The number of nitrogens with zero attached hydrogens (tertiary/aromatic N) is 1. The largest absolute Gasteiger partial charge is 0.376 e. The van der Waals surface area contributed by atoms with Crippen molar-refractivity contribution in [1.82, 2.24) is 16.0 Å². The van der Waals surface area contributed by atoms with E-state index in [1.54, 1.807) is 0 Å². The van der Waals surface area contributed by atoms with E-state index < -0.39 is 0 Å². The molecule has 0 radical (unpaired) electrons. The Morgan fingerprint density at radius 3 is 2.88 bits per heavy atom. The van der Waals surface area contributed by atoms with Crippen LogP contribution < -0.4 is 16.0 Å². The van der Waals surface area contributed by atoms with E-state index in [-0.39, 0.29) is 12.0 Å². The molecule has 25 heavy (non-hydrogen) atoms. The number of hydrogen-bond donors (Lipinski definition) is 3. The normalized spacial score (nSPS) is 17.6. The Balaban J connectivity index is 1.93. The zero-order chi connectivity index (χ0) is 18.1. The van der Waals surface area contributed by atoms with Crippen molar-refractivity contribution in [2.45, 2.75) is 52.3 Å². The lowest BCUT2D eigenvalue weighted by Gasteiger charge is -2.14. The van der Waals surface area contributed by atoms with Crippen molar-refractivity contribution in [2.24, 2.45) is 4.99 Å². The fourth-order valence-electron chi connectivity index (χ4n) is 2.69. The van der Waals surface area contributed by atoms with Crippen LogP contribution >= 0.6 is 0 Å². The van der Waals surface area contributed by atoms with Gasteiger partial charge in [0, 0.05) is 31.3 Å². The molecule has 0 aromatic heterocycles. The molecule has 1 atom stereocenters. The highest BCUT2D eigenvalue weighted by Crippen LogP contribution is 2.11. The fourth-order valence-corrected chi connectivity index (χ4v) is 2.69. The van der Waals surface area contributed by atoms with Crippen molar-refractivity contribution < 1.29 is 9.53 Å². The van der Waals surface area contributed by atoms with Crippen LogP contribution in [0.25, 0.3) is 0 Å². The van der Waals surface area contributed by atoms with Gasteiger partial charge in [0.2, 0.25) is 0 Å². The van der Waals surface area contributed by atoms with Gasteiger partial charge in [0.15, 0.2) is 5.96 Å². The van der Waals surface area contributed by atoms with Crippen molar-refractivity contribution in [2.75, 3.05) is 19.7 Å². The number of carbonyl (C=O) groups is 1. The molecule has 6 nitrogen and oxygen atoms in total. The van der Waals surface area contributed by atoms with Gasteiger partial charge in [-0.2, -0.15) is 0 Å². The molecule has 1 amide bonds. The van der Waals surface area contributed by atoms with Gasteiger partial charge in [-0.3, -0.25) is 4.79 Å². The Morgan fingerprint density at radius 2 is 2.20 bits per heavy atom. The number of hydrogen-bond acceptors (Lipinski definition) is 3. The molecule has 1 saturated heterocycles. The molecule has 1 fully saturated rings. The van der Waals surface area contributed by atoms with Crippen molar-refractivity contribution in [3.8, 4) is 0 Å². The smallest absolute Gasteiger partial charge is 0.251 e. The summed E-state index contributed by atoms with van der Waals surface area (Å²) in [5, 5.41) is 9.46. The molecule has 1 unspecified atom stereocenters. The quantitative estimate of drug-likeness (QED) is 0.522. The number of benzene rings is 1. The molecule has 0 aliphatic carbocycles. The molecule has 1 aromatic carbocycles. The highest BCUT2D eigenvalue weighted by atomic mass is 16.5. The van der Waals surface area contributed by atoms with Crippen LogP contribution in [0.3, 0.4) is 0 Å². The Morgan fingerprint density at radius 1 is 1.36 bits per heavy atom. The number of ether oxygens (including phenoxy) is 1. The third-order valence-corrected chi connectivity index (χ3v) is 3.89. The van der Waals surface area contributed by atoms with E-state index >= 15 is 0 Å². The van der Waals surface area contributed by atoms with E-state index in [0.717, 1.165) is 37.5 Å². The van der Waals surface area contributed by atoms with E-state index in [0.29, 0.717) is 24.7 Å². The summed E-state index contributed by atoms with van der Waals surface area (Å²) < 4.78 is 5.54. The first-order valence-corrected chi connectivity index (χ1v) is 9.12. The molecule has 0 saturated carbocycles. The number of guanidine groups is 1. The lowest BCUT2D eigenvalue weighted by Crippen LogP contribution is -2.41. The zero-order valence-corrected chi connectivity index (χ0v) is 15.5. The minimum Gasteiger partial charge on any atom is -0.376 e. The van der Waals surface area contributed by atoms with E-state index in [4.69, 9.17) is 4.74 Å². The third kappa shape index (κ3) is 6.74. The molecule has 1 aromatic rings. The summed E-state index contributed by atoms with van der Waals surface area (Å²) in [5.74, 6) is 0.722. The molecule has 138 valence electrons. The minimum atomic E-state index is -0.0615. The maximum Gasteiger partial charge on any atom is 0.251 e. The molecule has 6 heteroatoms. The van der Waals surface area contributed by atoms with Gasteiger partial charge in [0.25, 0.3) is 5.91 Å². The van der Waals surface area contributed by atoms with Gasteiger partial charge >= 0.3 is 0 Å². The third-order valence-electron chi connectivity index (χ3n) is 3.89. The van der Waals surface area contributed by atoms with Gasteiger partial charge in [-0.15, -0.1) is 0 Å². The minimum absolute atomic E-state index is 0.0615. The van der Waals surface area contributed by atoms with Gasteiger partial charge in [0.1, 0.15) is 0 Å². The van der Waals surface area contributed by atoms with Crippen LogP contribution in [0.5, 0.6) is 0 Å². The fraction of sp³-hybridized carbons (Fsp3) is 0.579. The summed E-state index contributed by atoms with van der Waals surface area (Å²) in [4.78, 5) is 16.9. The van der Waals surface area contributed by atoms with Gasteiger partial charge in [-0.05, 0) is 51.3 Å². The monoisotopic (exact) mass is 346 g/mol. The molecule has 2 rings (SSSR count). The molecule has 1 aliphatic heterocycles. The van der Waals surface area contributed by atoms with Crippen LogP contribution in [0.4, 0.5) is 0 Å². The molecular weight excluding hydrogens is 316 g/mol. The summed E-state index contributed by atoms with van der Waals surface area (Å²) in [7, 11) is 0. The molecule has 0 spiro atoms. The Hall–Kier alpha value is -2.08. The highest BCUT2D eigenvalue weighted by molar-refractivity contribution is 5.94. The van der Waals surface area contributed by atoms with Crippen LogP contribution in [-0.4, -0.2) is 43.7 Å². The average molecular weight is 346 g/mol. The van der Waals surface area contributed by atoms with Crippen LogP contribution in [0.2, 0.25) is 0 Å². The Bertz CT molecular complexity index is 581. The summed E-state index contributed by atoms with van der Waals surface area (Å²) >= 11 is 0. The molecule has 3 N–H and O–H groups in total. The van der Waals surface area contributed by atoms with Gasteiger partial charge in [0.05, 0.1) is 12.6 Å². The SMILES string of the molecule is CCNC(=NCc1cccc(C(=O)NCC2CCCO2)c1)NC(C)C. The second kappa shape index (κ2) is 10.0. The van der Waals surface area contributed by atoms with Crippen LogP contribution in [0.1, 0.15) is 49.5 Å². The molecular formula is C19H30N4O2. The molecule has 0 bridgehead atoms. The Labute approximate surface area is 150 Å². The lowest BCUT2D eigenvalue weighted by atomic mass is 10.1. The van der Waals surface area contributed by atoms with Crippen molar-refractivity contribution in [3.05, 3.63) is 35.4 Å². The van der Waals surface area contributed by atoms with Gasteiger partial charge in [-0.25, -0.2) is 4.99 Å². The van der Waals surface area contributed by atoms with Crippen molar-refractivity contribution >= 4 is 11.9 Å². The first-order valence-electron chi connectivity index (χ1n) is 9.12. The van der Waals surface area contributed by atoms with Crippen LogP contribution in [0.15, 0.2) is 29.3 Å². The number of aliphatic imine (C=N–C) groups is 1. The Kier molecular flexibility index (Phi) is 7.73. The lowest BCUT2D eigenvalue weighted by molar-refractivity contribution is 0.0857. The number of rotatable bonds is 7. The van der Waals surface area contributed by atoms with E-state index in [2.05, 4.69) is 34.8 Å². The van der Waals surface area contributed by atoms with E-state index in [1.165, 1.54) is 0 Å². The van der Waals surface area contributed by atoms with Gasteiger partial charge < -0.3 is 20.7 Å². The summed E-state index contributed by atoms with van der Waals surface area (Å²) in [6.45, 7) is 8.89. The summed E-state index contributed by atoms with van der Waals surface area (Å²) in [6, 6.07) is 7.92.